The van der Waals surface area contributed by atoms with E-state index in [1.807, 2.05) is 0 Å². The number of carbonyl (C=O) groups is 2. The van der Waals surface area contributed by atoms with Gasteiger partial charge in [0.25, 0.3) is 0 Å². The Morgan fingerprint density at radius 3 is 2.39 bits per heavy atom. The van der Waals surface area contributed by atoms with Crippen molar-refractivity contribution in [2.24, 2.45) is 11.1 Å². The van der Waals surface area contributed by atoms with E-state index < -0.39 is 23.4 Å². The first-order valence-corrected chi connectivity index (χ1v) is 5.48. The Balaban J connectivity index is 3.22. The molecule has 0 aliphatic heterocycles. The third-order valence-electron chi connectivity index (χ3n) is 3.02. The number of nitrogens with two attached hydrogens (primary N) is 1. The summed E-state index contributed by atoms with van der Waals surface area (Å²) >= 11 is 0. The molecule has 0 unspecified atom stereocenters. The Hall–Kier alpha value is -1.88. The average molecular weight is 251 g/mol. The van der Waals surface area contributed by atoms with Crippen LogP contribution in [-0.4, -0.2) is 24.2 Å². The zero-order valence-corrected chi connectivity index (χ0v) is 10.6. The lowest BCUT2D eigenvalue weighted by atomic mass is 9.79. The van der Waals surface area contributed by atoms with Crippen molar-refractivity contribution in [1.29, 1.82) is 0 Å². The molecule has 0 aliphatic carbocycles. The van der Waals surface area contributed by atoms with Crippen LogP contribution in [0.4, 0.5) is 0 Å². The predicted octanol–water partition coefficient (Wildman–Crippen LogP) is 1.58. The van der Waals surface area contributed by atoms with E-state index in [1.54, 1.807) is 32.0 Å². The zero-order chi connectivity index (χ0) is 13.9. The highest BCUT2D eigenvalue weighted by Crippen LogP contribution is 2.34. The van der Waals surface area contributed by atoms with Gasteiger partial charge in [-0.05, 0) is 25.5 Å². The van der Waals surface area contributed by atoms with E-state index in [0.717, 1.165) is 0 Å². The number of hydrogen-bond donors (Lipinski definition) is 2. The molecule has 1 aromatic rings. The van der Waals surface area contributed by atoms with Crippen LogP contribution < -0.4 is 5.73 Å². The molecule has 0 heterocycles. The fourth-order valence-corrected chi connectivity index (χ4v) is 1.74. The Bertz CT molecular complexity index is 468. The molecule has 0 amide bonds. The topological polar surface area (TPSA) is 89.6 Å². The Morgan fingerprint density at radius 1 is 1.33 bits per heavy atom. The molecule has 1 atom stereocenters. The van der Waals surface area contributed by atoms with Gasteiger partial charge in [-0.25, -0.2) is 4.79 Å². The summed E-state index contributed by atoms with van der Waals surface area (Å²) < 4.78 is 4.69. The van der Waals surface area contributed by atoms with Gasteiger partial charge in [0.05, 0.1) is 18.1 Å². The summed E-state index contributed by atoms with van der Waals surface area (Å²) in [5.74, 6) is -1.54. The highest BCUT2D eigenvalue weighted by molar-refractivity contribution is 5.90. The first-order valence-electron chi connectivity index (χ1n) is 5.48. The third kappa shape index (κ3) is 2.51. The van der Waals surface area contributed by atoms with E-state index in [9.17, 15) is 9.59 Å². The number of esters is 1. The summed E-state index contributed by atoms with van der Waals surface area (Å²) in [5, 5.41) is 9.10. The van der Waals surface area contributed by atoms with Crippen LogP contribution in [0.15, 0.2) is 24.3 Å². The standard InChI is InChI=1S/C13H17NO4/c1-13(2,12(17)18-3)10(14)8-6-4-5-7-9(8)11(15)16/h4-7,10H,14H2,1-3H3,(H,15,16)/t10-/m0/s1. The number of carboxylic acid groups (broad SMARTS) is 1. The molecule has 5 nitrogen and oxygen atoms in total. The summed E-state index contributed by atoms with van der Waals surface area (Å²) in [6.45, 7) is 3.25. The van der Waals surface area contributed by atoms with E-state index in [0.29, 0.717) is 5.56 Å². The molecule has 18 heavy (non-hydrogen) atoms. The maximum atomic E-state index is 11.7. The minimum absolute atomic E-state index is 0.0991. The highest BCUT2D eigenvalue weighted by Gasteiger charge is 2.38. The molecule has 0 saturated carbocycles. The van der Waals surface area contributed by atoms with Crippen molar-refractivity contribution in [2.45, 2.75) is 19.9 Å². The number of rotatable bonds is 4. The van der Waals surface area contributed by atoms with Gasteiger partial charge >= 0.3 is 11.9 Å². The van der Waals surface area contributed by atoms with Gasteiger partial charge < -0.3 is 15.6 Å². The van der Waals surface area contributed by atoms with Crippen molar-refractivity contribution in [1.82, 2.24) is 0 Å². The monoisotopic (exact) mass is 251 g/mol. The summed E-state index contributed by atoms with van der Waals surface area (Å²) in [5.41, 5.74) is 5.54. The van der Waals surface area contributed by atoms with E-state index in [2.05, 4.69) is 0 Å². The van der Waals surface area contributed by atoms with Crippen LogP contribution in [0.5, 0.6) is 0 Å². The molecule has 0 aliphatic rings. The van der Waals surface area contributed by atoms with Crippen molar-refractivity contribution in [3.63, 3.8) is 0 Å². The van der Waals surface area contributed by atoms with Crippen LogP contribution in [0, 0.1) is 5.41 Å². The number of ether oxygens (including phenoxy) is 1. The lowest BCUT2D eigenvalue weighted by Gasteiger charge is -2.29. The lowest BCUT2D eigenvalue weighted by molar-refractivity contribution is -0.152. The normalized spacial score (nSPS) is 12.9. The lowest BCUT2D eigenvalue weighted by Crippen LogP contribution is -2.38. The number of carboxylic acids is 1. The summed E-state index contributed by atoms with van der Waals surface area (Å²) in [6, 6.07) is 5.63. The summed E-state index contributed by atoms with van der Waals surface area (Å²) in [4.78, 5) is 22.8. The minimum Gasteiger partial charge on any atom is -0.478 e. The van der Waals surface area contributed by atoms with Crippen LogP contribution in [0.2, 0.25) is 0 Å². The quantitative estimate of drug-likeness (QED) is 0.793. The molecule has 0 radical (unpaired) electrons. The molecule has 0 aromatic heterocycles. The van der Waals surface area contributed by atoms with Gasteiger partial charge in [0.15, 0.2) is 0 Å². The van der Waals surface area contributed by atoms with Gasteiger partial charge in [-0.3, -0.25) is 4.79 Å². The molecule has 0 saturated heterocycles. The van der Waals surface area contributed by atoms with Gasteiger partial charge in [0.1, 0.15) is 0 Å². The van der Waals surface area contributed by atoms with Crippen molar-refractivity contribution in [2.75, 3.05) is 7.11 Å². The molecule has 0 fully saturated rings. The second-order valence-corrected chi connectivity index (χ2v) is 4.58. The zero-order valence-electron chi connectivity index (χ0n) is 10.6. The van der Waals surface area contributed by atoms with Crippen LogP contribution in [-0.2, 0) is 9.53 Å². The second-order valence-electron chi connectivity index (χ2n) is 4.58. The van der Waals surface area contributed by atoms with E-state index in [-0.39, 0.29) is 5.56 Å². The number of methoxy groups -OCH3 is 1. The van der Waals surface area contributed by atoms with Crippen LogP contribution in [0.25, 0.3) is 0 Å². The van der Waals surface area contributed by atoms with Crippen molar-refractivity contribution < 1.29 is 19.4 Å². The number of benzene rings is 1. The molecular formula is C13H17NO4. The number of aromatic carboxylic acids is 1. The first-order chi connectivity index (χ1) is 8.32. The molecule has 0 bridgehead atoms. The van der Waals surface area contributed by atoms with Crippen LogP contribution in [0.3, 0.4) is 0 Å². The predicted molar refractivity (Wildman–Crippen MR) is 66.1 cm³/mol. The maximum Gasteiger partial charge on any atom is 0.336 e. The third-order valence-corrected chi connectivity index (χ3v) is 3.02. The van der Waals surface area contributed by atoms with Gasteiger partial charge in [-0.2, -0.15) is 0 Å². The van der Waals surface area contributed by atoms with Crippen molar-refractivity contribution in [3.05, 3.63) is 35.4 Å². The van der Waals surface area contributed by atoms with Crippen LogP contribution in [0.1, 0.15) is 35.8 Å². The minimum atomic E-state index is -1.07. The molecule has 98 valence electrons. The van der Waals surface area contributed by atoms with Gasteiger partial charge in [-0.1, -0.05) is 18.2 Å². The molecular weight excluding hydrogens is 234 g/mol. The van der Waals surface area contributed by atoms with Crippen molar-refractivity contribution >= 4 is 11.9 Å². The van der Waals surface area contributed by atoms with Gasteiger partial charge in [-0.15, -0.1) is 0 Å². The fraction of sp³-hybridized carbons (Fsp3) is 0.385. The van der Waals surface area contributed by atoms with Crippen molar-refractivity contribution in [3.8, 4) is 0 Å². The molecule has 0 spiro atoms. The molecule has 5 heteroatoms. The number of carbonyl (C=O) groups excluding carboxylic acids is 1. The summed E-state index contributed by atoms with van der Waals surface area (Å²) in [7, 11) is 1.28. The first kappa shape index (κ1) is 14.2. The van der Waals surface area contributed by atoms with E-state index in [4.69, 9.17) is 15.6 Å². The van der Waals surface area contributed by atoms with Gasteiger partial charge in [0, 0.05) is 6.04 Å². The van der Waals surface area contributed by atoms with Crippen LogP contribution >= 0.6 is 0 Å². The molecule has 1 aromatic carbocycles. The summed E-state index contributed by atoms with van der Waals surface area (Å²) in [6.07, 6.45) is 0. The van der Waals surface area contributed by atoms with E-state index in [1.165, 1.54) is 13.2 Å². The average Bonchev–Trinajstić information content (AvgIpc) is 2.36. The fourth-order valence-electron chi connectivity index (χ4n) is 1.74. The maximum absolute atomic E-state index is 11.7. The Labute approximate surface area is 106 Å². The highest BCUT2D eigenvalue weighted by atomic mass is 16.5. The Morgan fingerprint density at radius 2 is 1.89 bits per heavy atom. The van der Waals surface area contributed by atoms with Gasteiger partial charge in [0.2, 0.25) is 0 Å². The SMILES string of the molecule is COC(=O)C(C)(C)[C@@H](N)c1ccccc1C(=O)O. The molecule has 3 N–H and O–H groups in total. The molecule has 1 rings (SSSR count). The smallest absolute Gasteiger partial charge is 0.336 e. The second kappa shape index (κ2) is 5.18. The largest absolute Gasteiger partial charge is 0.478 e. The van der Waals surface area contributed by atoms with E-state index >= 15 is 0 Å². The number of hydrogen-bond acceptors (Lipinski definition) is 4. The Kier molecular flexibility index (Phi) is 4.08.